The van der Waals surface area contributed by atoms with E-state index in [-0.39, 0.29) is 17.7 Å². The lowest BCUT2D eigenvalue weighted by atomic mass is 10.1. The van der Waals surface area contributed by atoms with E-state index in [0.717, 1.165) is 0 Å². The zero-order chi connectivity index (χ0) is 12.0. The van der Waals surface area contributed by atoms with Crippen LogP contribution in [0.5, 0.6) is 0 Å². The van der Waals surface area contributed by atoms with E-state index in [1.807, 2.05) is 0 Å². The van der Waals surface area contributed by atoms with Gasteiger partial charge in [-0.15, -0.1) is 0 Å². The second-order valence-electron chi connectivity index (χ2n) is 2.76. The number of benzene rings is 1. The van der Waals surface area contributed by atoms with E-state index >= 15 is 0 Å². The molecule has 1 rings (SSSR count). The fourth-order valence-electron chi connectivity index (χ4n) is 0.924. The van der Waals surface area contributed by atoms with Gasteiger partial charge in [0.1, 0.15) is 6.61 Å². The van der Waals surface area contributed by atoms with Gasteiger partial charge in [-0.2, -0.15) is 4.89 Å². The number of carboxylic acids is 1. The molecule has 16 heavy (non-hydrogen) atoms. The van der Waals surface area contributed by atoms with E-state index in [1.54, 1.807) is 0 Å². The zero-order valence-electron chi connectivity index (χ0n) is 8.18. The molecule has 0 atom stereocenters. The Kier molecular flexibility index (Phi) is 4.94. The van der Waals surface area contributed by atoms with Crippen molar-refractivity contribution in [1.29, 1.82) is 0 Å². The number of hydrogen-bond acceptors (Lipinski definition) is 4. The molecule has 0 saturated heterocycles. The second kappa shape index (κ2) is 6.24. The van der Waals surface area contributed by atoms with Crippen molar-refractivity contribution in [3.8, 4) is 0 Å². The molecule has 0 aromatic heterocycles. The molecule has 0 fully saturated rings. The van der Waals surface area contributed by atoms with E-state index in [9.17, 15) is 9.59 Å². The Morgan fingerprint density at radius 3 is 2.25 bits per heavy atom. The third-order valence-electron chi connectivity index (χ3n) is 1.66. The Balaban J connectivity index is 2.59. The van der Waals surface area contributed by atoms with Crippen LogP contribution in [0.25, 0.3) is 0 Å². The topological polar surface area (TPSA) is 72.8 Å². The van der Waals surface area contributed by atoms with E-state index in [1.165, 1.54) is 24.3 Å². The predicted octanol–water partition coefficient (Wildman–Crippen LogP) is 1.87. The average molecular weight is 289 g/mol. The number of rotatable bonds is 5. The molecule has 1 N–H and O–H groups in total. The first-order valence-electron chi connectivity index (χ1n) is 4.38. The summed E-state index contributed by atoms with van der Waals surface area (Å²) < 4.78 is 0. The lowest BCUT2D eigenvalue weighted by molar-refractivity contribution is -0.235. The van der Waals surface area contributed by atoms with Gasteiger partial charge in [0.15, 0.2) is 0 Å². The van der Waals surface area contributed by atoms with Crippen molar-refractivity contribution >= 4 is 27.9 Å². The van der Waals surface area contributed by atoms with Crippen LogP contribution in [0.2, 0.25) is 0 Å². The summed E-state index contributed by atoms with van der Waals surface area (Å²) in [5.41, 5.74) is 0.345. The molecule has 1 aromatic carbocycles. The maximum atomic E-state index is 11.3. The number of halogens is 1. The van der Waals surface area contributed by atoms with Gasteiger partial charge in [0.05, 0.1) is 11.1 Å². The lowest BCUT2D eigenvalue weighted by Gasteiger charge is -2.02. The first-order chi connectivity index (χ1) is 7.65. The third-order valence-corrected chi connectivity index (χ3v) is 1.99. The highest BCUT2D eigenvalue weighted by atomic mass is 79.9. The van der Waals surface area contributed by atoms with E-state index in [2.05, 4.69) is 25.7 Å². The predicted molar refractivity (Wildman–Crippen MR) is 58.6 cm³/mol. The highest BCUT2D eigenvalue weighted by Gasteiger charge is 2.09. The molecular formula is C10H9BrO5. The molecule has 6 heteroatoms. The SMILES string of the molecule is O=C(O)c1ccc(C(=O)OOCCBr)cc1. The Morgan fingerprint density at radius 2 is 1.75 bits per heavy atom. The Bertz CT molecular complexity index is 373. The Hall–Kier alpha value is -1.40. The van der Waals surface area contributed by atoms with Gasteiger partial charge in [0.2, 0.25) is 0 Å². The van der Waals surface area contributed by atoms with E-state index < -0.39 is 11.9 Å². The summed E-state index contributed by atoms with van der Waals surface area (Å²) in [5.74, 6) is -1.70. The van der Waals surface area contributed by atoms with Gasteiger partial charge in [0.25, 0.3) is 0 Å². The van der Waals surface area contributed by atoms with Crippen LogP contribution >= 0.6 is 15.9 Å². The Morgan fingerprint density at radius 1 is 1.19 bits per heavy atom. The number of hydrogen-bond donors (Lipinski definition) is 1. The lowest BCUT2D eigenvalue weighted by Crippen LogP contribution is -2.08. The zero-order valence-corrected chi connectivity index (χ0v) is 9.77. The molecule has 0 saturated carbocycles. The quantitative estimate of drug-likeness (QED) is 0.388. The van der Waals surface area contributed by atoms with Crippen molar-refractivity contribution in [3.05, 3.63) is 35.4 Å². The summed E-state index contributed by atoms with van der Waals surface area (Å²) in [6.07, 6.45) is 0. The average Bonchev–Trinajstić information content (AvgIpc) is 2.29. The maximum Gasteiger partial charge on any atom is 0.373 e. The first-order valence-corrected chi connectivity index (χ1v) is 5.50. The highest BCUT2D eigenvalue weighted by molar-refractivity contribution is 9.09. The molecule has 0 aliphatic rings. The summed E-state index contributed by atoms with van der Waals surface area (Å²) in [5, 5.41) is 9.20. The van der Waals surface area contributed by atoms with E-state index in [4.69, 9.17) is 5.11 Å². The standard InChI is InChI=1S/C10H9BrO5/c11-5-6-15-16-10(14)8-3-1-7(2-4-8)9(12)13/h1-4H,5-6H2,(H,12,13). The largest absolute Gasteiger partial charge is 0.478 e. The smallest absolute Gasteiger partial charge is 0.373 e. The Labute approximate surface area is 100 Å². The van der Waals surface area contributed by atoms with Gasteiger partial charge in [-0.05, 0) is 24.3 Å². The molecular weight excluding hydrogens is 280 g/mol. The van der Waals surface area contributed by atoms with Gasteiger partial charge < -0.3 is 5.11 Å². The summed E-state index contributed by atoms with van der Waals surface area (Å²) in [7, 11) is 0. The van der Waals surface area contributed by atoms with Crippen LogP contribution in [0.1, 0.15) is 20.7 Å². The molecule has 86 valence electrons. The molecule has 0 heterocycles. The molecule has 0 aliphatic heterocycles. The summed E-state index contributed by atoms with van der Waals surface area (Å²) in [6.45, 7) is 0.249. The van der Waals surface area contributed by atoms with Crippen molar-refractivity contribution in [3.63, 3.8) is 0 Å². The number of carbonyl (C=O) groups excluding carboxylic acids is 1. The molecule has 0 radical (unpaired) electrons. The van der Waals surface area contributed by atoms with Crippen LogP contribution in [-0.4, -0.2) is 29.0 Å². The van der Waals surface area contributed by atoms with Gasteiger partial charge in [-0.1, -0.05) is 15.9 Å². The minimum absolute atomic E-state index is 0.109. The third kappa shape index (κ3) is 3.63. The molecule has 0 aliphatic carbocycles. The van der Waals surface area contributed by atoms with Gasteiger partial charge >= 0.3 is 11.9 Å². The summed E-state index contributed by atoms with van der Waals surface area (Å²) in [4.78, 5) is 30.9. The van der Waals surface area contributed by atoms with Crippen molar-refractivity contribution < 1.29 is 24.5 Å². The van der Waals surface area contributed by atoms with Crippen LogP contribution in [0.15, 0.2) is 24.3 Å². The van der Waals surface area contributed by atoms with Crippen molar-refractivity contribution in [2.24, 2.45) is 0 Å². The molecule has 1 aromatic rings. The van der Waals surface area contributed by atoms with Gasteiger partial charge in [-0.25, -0.2) is 9.59 Å². The van der Waals surface area contributed by atoms with Crippen LogP contribution in [0.4, 0.5) is 0 Å². The number of aromatic carboxylic acids is 1. The van der Waals surface area contributed by atoms with Crippen LogP contribution in [0, 0.1) is 0 Å². The highest BCUT2D eigenvalue weighted by Crippen LogP contribution is 2.06. The van der Waals surface area contributed by atoms with Crippen molar-refractivity contribution in [2.75, 3.05) is 11.9 Å². The summed E-state index contributed by atoms with van der Waals surface area (Å²) >= 11 is 3.10. The molecule has 0 bridgehead atoms. The van der Waals surface area contributed by atoms with Crippen molar-refractivity contribution in [1.82, 2.24) is 0 Å². The molecule has 0 spiro atoms. The number of alkyl halides is 1. The number of carbonyl (C=O) groups is 2. The van der Waals surface area contributed by atoms with Crippen LogP contribution in [-0.2, 0) is 9.78 Å². The minimum Gasteiger partial charge on any atom is -0.478 e. The van der Waals surface area contributed by atoms with Crippen molar-refractivity contribution in [2.45, 2.75) is 0 Å². The minimum atomic E-state index is -1.05. The maximum absolute atomic E-state index is 11.3. The second-order valence-corrected chi connectivity index (χ2v) is 3.56. The first kappa shape index (κ1) is 12.7. The van der Waals surface area contributed by atoms with E-state index in [0.29, 0.717) is 5.33 Å². The fraction of sp³-hybridized carbons (Fsp3) is 0.200. The molecule has 0 amide bonds. The van der Waals surface area contributed by atoms with Crippen LogP contribution < -0.4 is 0 Å². The fourth-order valence-corrected chi connectivity index (χ4v) is 1.06. The van der Waals surface area contributed by atoms with Gasteiger partial charge in [-0.3, -0.25) is 4.89 Å². The monoisotopic (exact) mass is 288 g/mol. The van der Waals surface area contributed by atoms with Gasteiger partial charge in [0, 0.05) is 5.33 Å². The molecule has 0 unspecified atom stereocenters. The number of carboxylic acid groups (broad SMARTS) is 1. The van der Waals surface area contributed by atoms with Crippen LogP contribution in [0.3, 0.4) is 0 Å². The molecule has 5 nitrogen and oxygen atoms in total. The normalized spacial score (nSPS) is 9.81. The summed E-state index contributed by atoms with van der Waals surface area (Å²) in [6, 6.07) is 5.37.